The molecule has 2 aromatic heterocycles. The van der Waals surface area contributed by atoms with Gasteiger partial charge < -0.3 is 9.80 Å². The summed E-state index contributed by atoms with van der Waals surface area (Å²) >= 11 is 13.1. The minimum Gasteiger partial charge on any atom is -0.359 e. The van der Waals surface area contributed by atoms with Gasteiger partial charge in [0.05, 0.1) is 47.0 Å². The number of carbonyl (C=O) groups excluding carboxylic acids is 1. The van der Waals surface area contributed by atoms with Crippen LogP contribution in [0.5, 0.6) is 0 Å². The third-order valence-corrected chi connectivity index (χ3v) is 11.6. The number of nitrogens with zero attached hydrogens (tertiary/aromatic N) is 10. The first kappa shape index (κ1) is 38.9. The molecule has 0 bridgehead atoms. The fourth-order valence-electron chi connectivity index (χ4n) is 8.34. The van der Waals surface area contributed by atoms with Crippen molar-refractivity contribution in [2.75, 3.05) is 49.1 Å². The maximum atomic E-state index is 15.5. The number of hydrogen-bond donors (Lipinski definition) is 0. The number of rotatable bonds is 10. The first-order chi connectivity index (χ1) is 28.2. The Labute approximate surface area is 348 Å². The molecule has 2 unspecified atom stereocenters. The van der Waals surface area contributed by atoms with Crippen LogP contribution >= 0.6 is 23.2 Å². The van der Waals surface area contributed by atoms with Gasteiger partial charge in [0.2, 0.25) is 0 Å². The number of Topliss-reactive ketones (excluding diaryl/α,β-unsaturated/α-hetero) is 1. The highest BCUT2D eigenvalue weighted by atomic mass is 35.5. The number of piperazine rings is 2. The van der Waals surface area contributed by atoms with Crippen molar-refractivity contribution in [2.24, 2.45) is 0 Å². The highest BCUT2D eigenvalue weighted by Crippen LogP contribution is 2.31. The Balaban J connectivity index is 1.11. The fourth-order valence-corrected chi connectivity index (χ4v) is 8.71. The van der Waals surface area contributed by atoms with Crippen LogP contribution in [-0.4, -0.2) is 86.0 Å². The molecular weight excluding hydrogens is 767 g/mol. The zero-order valence-electron chi connectivity index (χ0n) is 32.3. The predicted molar refractivity (Wildman–Crippen MR) is 227 cm³/mol. The Hall–Kier alpha value is -5.95. The molecule has 2 atom stereocenters. The molecule has 2 aliphatic heterocycles. The Morgan fingerprint density at radius 3 is 1.41 bits per heavy atom. The lowest BCUT2D eigenvalue weighted by molar-refractivity contribution is -0.123. The molecule has 2 saturated heterocycles. The third kappa shape index (κ3) is 8.08. The van der Waals surface area contributed by atoms with Crippen LogP contribution in [0.1, 0.15) is 34.2 Å². The molecular formula is C45H42Cl2N10O. The molecule has 0 radical (unpaired) electrons. The van der Waals surface area contributed by atoms with Gasteiger partial charge in [-0.05, 0) is 98.8 Å². The van der Waals surface area contributed by atoms with Crippen LogP contribution in [0.2, 0.25) is 10.0 Å². The van der Waals surface area contributed by atoms with Gasteiger partial charge in [-0.3, -0.25) is 23.7 Å². The van der Waals surface area contributed by atoms with Crippen molar-refractivity contribution in [3.63, 3.8) is 0 Å². The summed E-state index contributed by atoms with van der Waals surface area (Å²) in [5.74, 6) is 1.81. The summed E-state index contributed by atoms with van der Waals surface area (Å²) in [6.07, 6.45) is 3.80. The molecule has 8 rings (SSSR count). The summed E-state index contributed by atoms with van der Waals surface area (Å²) in [6.45, 7) is 8.80. The van der Waals surface area contributed by atoms with Crippen LogP contribution in [0, 0.1) is 36.5 Å². The van der Waals surface area contributed by atoms with Crippen molar-refractivity contribution >= 4 is 40.4 Å². The van der Waals surface area contributed by atoms with Crippen LogP contribution < -0.4 is 9.80 Å². The largest absolute Gasteiger partial charge is 0.359 e. The van der Waals surface area contributed by atoms with Crippen molar-refractivity contribution < 1.29 is 4.79 Å². The van der Waals surface area contributed by atoms with Crippen LogP contribution in [0.15, 0.2) is 109 Å². The molecule has 0 aliphatic carbocycles. The topological polar surface area (TPSA) is 113 Å². The first-order valence-corrected chi connectivity index (χ1v) is 20.0. The third-order valence-electron chi connectivity index (χ3n) is 11.2. The number of aromatic nitrogens is 4. The number of halogens is 2. The highest BCUT2D eigenvalue weighted by Gasteiger charge is 2.41. The van der Waals surface area contributed by atoms with Gasteiger partial charge >= 0.3 is 0 Å². The Bertz CT molecular complexity index is 2340. The van der Waals surface area contributed by atoms with Gasteiger partial charge in [-0.2, -0.15) is 10.5 Å². The molecule has 4 heterocycles. The van der Waals surface area contributed by atoms with Crippen molar-refractivity contribution in [1.82, 2.24) is 28.9 Å². The molecule has 0 N–H and O–H groups in total. The van der Waals surface area contributed by atoms with E-state index in [4.69, 9.17) is 23.2 Å². The monoisotopic (exact) mass is 808 g/mol. The van der Waals surface area contributed by atoms with Crippen LogP contribution in [-0.2, 0) is 17.9 Å². The van der Waals surface area contributed by atoms with Gasteiger partial charge in [0.25, 0.3) is 0 Å². The van der Waals surface area contributed by atoms with Gasteiger partial charge in [0, 0.05) is 85.2 Å². The molecule has 0 saturated carbocycles. The first-order valence-electron chi connectivity index (χ1n) is 19.3. The molecule has 13 heteroatoms. The van der Waals surface area contributed by atoms with E-state index in [0.717, 1.165) is 58.9 Å². The Morgan fingerprint density at radius 1 is 0.621 bits per heavy atom. The summed E-state index contributed by atoms with van der Waals surface area (Å²) in [7, 11) is 0. The van der Waals surface area contributed by atoms with Crippen molar-refractivity contribution in [3.8, 4) is 23.5 Å². The lowest BCUT2D eigenvalue weighted by Crippen LogP contribution is -2.64. The number of imidazole rings is 2. The minimum atomic E-state index is -0.488. The molecule has 4 aromatic carbocycles. The maximum absolute atomic E-state index is 15.5. The number of ketones is 1. The average Bonchev–Trinajstić information content (AvgIpc) is 3.80. The van der Waals surface area contributed by atoms with Gasteiger partial charge in [0.15, 0.2) is 5.78 Å². The molecule has 2 fully saturated rings. The smallest absolute Gasteiger partial charge is 0.180 e. The van der Waals surface area contributed by atoms with E-state index < -0.39 is 12.1 Å². The lowest BCUT2D eigenvalue weighted by atomic mass is 9.96. The summed E-state index contributed by atoms with van der Waals surface area (Å²) < 4.78 is 4.23. The number of hydrogen-bond acceptors (Lipinski definition) is 9. The van der Waals surface area contributed by atoms with Gasteiger partial charge in [-0.25, -0.2) is 9.97 Å². The standard InChI is InChI=1S/C45H42Cl2N10O/c1-31-50-25-41(56(31)37-13-9-33(23-48)10-14-37)27-52-17-19-54(39-7-3-5-35(46)21-39)43(29-52)45(58)44-30-53(18-20-55(44)40-8-4-6-36(47)22-40)28-42-26-51-32(2)57(42)38-15-11-34(24-49)12-16-38/h3-16,21-22,25-26,43-44H,17-20,27-30H2,1-2H3. The SMILES string of the molecule is Cc1ncc(CN2CCN(c3cccc(Cl)c3)C(C(=O)C3CN(Cc4cnc(C)n4-c4ccc(C#N)cc4)CCN3c3cccc(Cl)c3)C2)n1-c1ccc(C#N)cc1. The fraction of sp³-hybridized carbons (Fsp3) is 0.267. The lowest BCUT2D eigenvalue weighted by Gasteiger charge is -2.47. The zero-order valence-corrected chi connectivity index (χ0v) is 33.9. The van der Waals surface area contributed by atoms with Gasteiger partial charge in [-0.1, -0.05) is 35.3 Å². The summed E-state index contributed by atoms with van der Waals surface area (Å²) in [5, 5.41) is 20.0. The van der Waals surface area contributed by atoms with Crippen molar-refractivity contribution in [3.05, 3.63) is 154 Å². The summed E-state index contributed by atoms with van der Waals surface area (Å²) in [5.41, 5.74) is 6.89. The number of aryl methyl sites for hydroxylation is 2. The molecule has 0 amide bonds. The van der Waals surface area contributed by atoms with Crippen molar-refractivity contribution in [1.29, 1.82) is 10.5 Å². The second-order valence-electron chi connectivity index (χ2n) is 14.8. The molecule has 2 aliphatic rings. The Kier molecular flexibility index (Phi) is 11.3. The molecule has 6 aromatic rings. The number of benzene rings is 4. The zero-order chi connectivity index (χ0) is 40.3. The van der Waals surface area contributed by atoms with E-state index in [1.807, 2.05) is 123 Å². The van der Waals surface area contributed by atoms with E-state index in [-0.39, 0.29) is 5.78 Å². The second-order valence-corrected chi connectivity index (χ2v) is 15.7. The van der Waals surface area contributed by atoms with E-state index in [9.17, 15) is 10.5 Å². The molecule has 292 valence electrons. The summed E-state index contributed by atoms with van der Waals surface area (Å²) in [6, 6.07) is 34.0. The van der Waals surface area contributed by atoms with E-state index >= 15 is 4.79 Å². The highest BCUT2D eigenvalue weighted by molar-refractivity contribution is 6.31. The van der Waals surface area contributed by atoms with Crippen LogP contribution in [0.3, 0.4) is 0 Å². The number of carbonyl (C=O) groups is 1. The van der Waals surface area contributed by atoms with E-state index in [1.54, 1.807) is 0 Å². The van der Waals surface area contributed by atoms with Gasteiger partial charge in [0.1, 0.15) is 23.7 Å². The number of nitriles is 2. The predicted octanol–water partition coefficient (Wildman–Crippen LogP) is 7.38. The number of anilines is 2. The molecule has 58 heavy (non-hydrogen) atoms. The summed E-state index contributed by atoms with van der Waals surface area (Å²) in [4.78, 5) is 33.9. The average molecular weight is 810 g/mol. The van der Waals surface area contributed by atoms with Crippen molar-refractivity contribution in [2.45, 2.75) is 39.0 Å². The van der Waals surface area contributed by atoms with E-state index in [0.29, 0.717) is 60.4 Å². The minimum absolute atomic E-state index is 0.114. The van der Waals surface area contributed by atoms with E-state index in [2.05, 4.69) is 50.8 Å². The Morgan fingerprint density at radius 2 is 1.03 bits per heavy atom. The van der Waals surface area contributed by atoms with Crippen LogP contribution in [0.25, 0.3) is 11.4 Å². The second kappa shape index (κ2) is 16.9. The normalized spacial score (nSPS) is 17.6. The van der Waals surface area contributed by atoms with E-state index in [1.165, 1.54) is 0 Å². The molecule has 11 nitrogen and oxygen atoms in total. The maximum Gasteiger partial charge on any atom is 0.180 e. The van der Waals surface area contributed by atoms with Crippen LogP contribution in [0.4, 0.5) is 11.4 Å². The van der Waals surface area contributed by atoms with Gasteiger partial charge in [-0.15, -0.1) is 0 Å². The quantitative estimate of drug-likeness (QED) is 0.140. The molecule has 0 spiro atoms.